The van der Waals surface area contributed by atoms with E-state index in [4.69, 9.17) is 28.3 Å². The molecule has 1 atom stereocenters. The highest BCUT2D eigenvalue weighted by atomic mass is 35.5. The van der Waals surface area contributed by atoms with Crippen LogP contribution in [0.3, 0.4) is 0 Å². The summed E-state index contributed by atoms with van der Waals surface area (Å²) < 4.78 is 12.0. The zero-order chi connectivity index (χ0) is 9.14. The van der Waals surface area contributed by atoms with Gasteiger partial charge in [-0.15, -0.1) is 0 Å². The molecule has 1 heterocycles. The van der Waals surface area contributed by atoms with Gasteiger partial charge in [0.2, 0.25) is 0 Å². The second-order valence-electron chi connectivity index (χ2n) is 2.21. The summed E-state index contributed by atoms with van der Waals surface area (Å²) in [5.74, 6) is 0. The van der Waals surface area contributed by atoms with E-state index in [1.807, 2.05) is 0 Å². The monoisotopic (exact) mass is 209 g/mol. The van der Waals surface area contributed by atoms with Crippen LogP contribution < -0.4 is 0 Å². The molecule has 5 heteroatoms. The summed E-state index contributed by atoms with van der Waals surface area (Å²) >= 11 is 11.1. The zero-order valence-electron chi connectivity index (χ0n) is 5.97. The average Bonchev–Trinajstić information content (AvgIpc) is 2.08. The Bertz CT molecular complexity index is 282. The molecule has 0 aliphatic heterocycles. The third-order valence-corrected chi connectivity index (χ3v) is 2.03. The van der Waals surface area contributed by atoms with Gasteiger partial charge in [0.05, 0.1) is 5.02 Å². The van der Waals surface area contributed by atoms with Crippen LogP contribution in [0.5, 0.6) is 0 Å². The summed E-state index contributed by atoms with van der Waals surface area (Å²) in [7, 11) is 0. The minimum absolute atomic E-state index is 0.145. The third-order valence-electron chi connectivity index (χ3n) is 1.35. The molecule has 0 spiro atoms. The first-order chi connectivity index (χ1) is 5.65. The minimum Gasteiger partial charge on any atom is -0.386 e. The molecule has 0 aliphatic rings. The summed E-state index contributed by atoms with van der Waals surface area (Å²) in [5, 5.41) is 9.38. The standard InChI is InChI=1S/C7H6Cl2FNO/c8-5-1-4(6(12)2-10)3-11-7(5)9/h1,3,6,12H,2H2. The van der Waals surface area contributed by atoms with Crippen molar-refractivity contribution in [3.05, 3.63) is 28.0 Å². The Hall–Kier alpha value is -0.380. The molecule has 0 saturated heterocycles. The maximum atomic E-state index is 12.0. The number of nitrogens with zero attached hydrogens (tertiary/aromatic N) is 1. The van der Waals surface area contributed by atoms with Crippen molar-refractivity contribution in [2.24, 2.45) is 0 Å². The second-order valence-corrected chi connectivity index (χ2v) is 2.98. The number of hydrogen-bond acceptors (Lipinski definition) is 2. The van der Waals surface area contributed by atoms with Crippen molar-refractivity contribution in [1.82, 2.24) is 4.98 Å². The van der Waals surface area contributed by atoms with Gasteiger partial charge in [-0.1, -0.05) is 23.2 Å². The maximum Gasteiger partial charge on any atom is 0.147 e. The van der Waals surface area contributed by atoms with E-state index in [0.29, 0.717) is 5.56 Å². The molecule has 0 aromatic carbocycles. The van der Waals surface area contributed by atoms with Gasteiger partial charge in [-0.05, 0) is 6.07 Å². The van der Waals surface area contributed by atoms with Gasteiger partial charge in [-0.25, -0.2) is 9.37 Å². The van der Waals surface area contributed by atoms with Crippen LogP contribution in [0.4, 0.5) is 4.39 Å². The van der Waals surface area contributed by atoms with Crippen molar-refractivity contribution in [3.8, 4) is 0 Å². The fourth-order valence-electron chi connectivity index (χ4n) is 0.707. The van der Waals surface area contributed by atoms with E-state index in [-0.39, 0.29) is 10.2 Å². The lowest BCUT2D eigenvalue weighted by Crippen LogP contribution is -1.99. The van der Waals surface area contributed by atoms with E-state index in [0.717, 1.165) is 0 Å². The molecule has 12 heavy (non-hydrogen) atoms. The Balaban J connectivity index is 2.96. The molecule has 1 rings (SSSR count). The molecule has 1 aromatic heterocycles. The number of aliphatic hydroxyl groups is 1. The maximum absolute atomic E-state index is 12.0. The van der Waals surface area contributed by atoms with Crippen molar-refractivity contribution < 1.29 is 9.50 Å². The Morgan fingerprint density at radius 2 is 2.25 bits per heavy atom. The van der Waals surface area contributed by atoms with E-state index in [9.17, 15) is 4.39 Å². The number of rotatable bonds is 2. The molecule has 66 valence electrons. The van der Waals surface area contributed by atoms with Crippen molar-refractivity contribution in [2.45, 2.75) is 6.10 Å². The van der Waals surface area contributed by atoms with Gasteiger partial charge in [0.15, 0.2) is 0 Å². The normalized spacial score (nSPS) is 13.0. The topological polar surface area (TPSA) is 33.1 Å². The second kappa shape index (κ2) is 4.03. The van der Waals surface area contributed by atoms with Gasteiger partial charge in [-0.3, -0.25) is 0 Å². The molecule has 1 unspecified atom stereocenters. The molecular formula is C7H6Cl2FNO. The molecule has 2 nitrogen and oxygen atoms in total. The highest BCUT2D eigenvalue weighted by molar-refractivity contribution is 6.41. The lowest BCUT2D eigenvalue weighted by molar-refractivity contribution is 0.141. The van der Waals surface area contributed by atoms with Gasteiger partial charge in [0, 0.05) is 11.8 Å². The minimum atomic E-state index is -1.17. The lowest BCUT2D eigenvalue weighted by atomic mass is 10.2. The summed E-state index contributed by atoms with van der Waals surface area (Å²) in [4.78, 5) is 3.65. The van der Waals surface area contributed by atoms with E-state index in [1.54, 1.807) is 0 Å². The first-order valence-electron chi connectivity index (χ1n) is 3.20. The number of aromatic nitrogens is 1. The third kappa shape index (κ3) is 2.06. The first kappa shape index (κ1) is 9.71. The van der Waals surface area contributed by atoms with Gasteiger partial charge < -0.3 is 5.11 Å². The SMILES string of the molecule is OC(CF)c1cnc(Cl)c(Cl)c1. The van der Waals surface area contributed by atoms with Gasteiger partial charge in [0.1, 0.15) is 17.9 Å². The van der Waals surface area contributed by atoms with Crippen LogP contribution in [0.1, 0.15) is 11.7 Å². The van der Waals surface area contributed by atoms with Crippen molar-refractivity contribution in [1.29, 1.82) is 0 Å². The van der Waals surface area contributed by atoms with Crippen LogP contribution in [0, 0.1) is 0 Å². The molecule has 0 radical (unpaired) electrons. The summed E-state index contributed by atoms with van der Waals surface area (Å²) in [5.41, 5.74) is 0.326. The van der Waals surface area contributed by atoms with Crippen LogP contribution in [0.2, 0.25) is 10.2 Å². The fourth-order valence-corrected chi connectivity index (χ4v) is 0.985. The van der Waals surface area contributed by atoms with Crippen LogP contribution >= 0.6 is 23.2 Å². The van der Waals surface area contributed by atoms with Gasteiger partial charge in [-0.2, -0.15) is 0 Å². The Kier molecular flexibility index (Phi) is 3.26. The lowest BCUT2D eigenvalue weighted by Gasteiger charge is -2.05. The summed E-state index contributed by atoms with van der Waals surface area (Å²) in [6.07, 6.45) is 0.116. The van der Waals surface area contributed by atoms with Crippen LogP contribution in [-0.4, -0.2) is 16.8 Å². The summed E-state index contributed by atoms with van der Waals surface area (Å²) in [6.45, 7) is -0.861. The van der Waals surface area contributed by atoms with Gasteiger partial charge >= 0.3 is 0 Å². The van der Waals surface area contributed by atoms with Crippen LogP contribution in [0.25, 0.3) is 0 Å². The Labute approximate surface area is 78.9 Å². The number of halogens is 3. The molecule has 1 aromatic rings. The molecule has 0 aliphatic carbocycles. The highest BCUT2D eigenvalue weighted by Gasteiger charge is 2.09. The molecular weight excluding hydrogens is 204 g/mol. The van der Waals surface area contributed by atoms with Crippen LogP contribution in [0.15, 0.2) is 12.3 Å². The number of hydrogen-bond donors (Lipinski definition) is 1. The molecule has 0 bridgehead atoms. The fraction of sp³-hybridized carbons (Fsp3) is 0.286. The van der Waals surface area contributed by atoms with Crippen molar-refractivity contribution in [2.75, 3.05) is 6.67 Å². The molecule has 0 fully saturated rings. The largest absolute Gasteiger partial charge is 0.386 e. The number of alkyl halides is 1. The predicted molar refractivity (Wildman–Crippen MR) is 45.2 cm³/mol. The van der Waals surface area contributed by atoms with Crippen molar-refractivity contribution in [3.63, 3.8) is 0 Å². The first-order valence-corrected chi connectivity index (χ1v) is 3.95. The smallest absolute Gasteiger partial charge is 0.147 e. The number of pyridine rings is 1. The summed E-state index contributed by atoms with van der Waals surface area (Å²) in [6, 6.07) is 1.39. The average molecular weight is 210 g/mol. The van der Waals surface area contributed by atoms with E-state index < -0.39 is 12.8 Å². The van der Waals surface area contributed by atoms with Crippen molar-refractivity contribution >= 4 is 23.2 Å². The molecule has 1 N–H and O–H groups in total. The van der Waals surface area contributed by atoms with E-state index in [2.05, 4.69) is 4.98 Å². The quantitative estimate of drug-likeness (QED) is 0.760. The predicted octanol–water partition coefficient (Wildman–Crippen LogP) is 2.39. The zero-order valence-corrected chi connectivity index (χ0v) is 7.48. The molecule has 0 amide bonds. The van der Waals surface area contributed by atoms with Crippen LogP contribution in [-0.2, 0) is 0 Å². The number of aliphatic hydroxyl groups excluding tert-OH is 1. The highest BCUT2D eigenvalue weighted by Crippen LogP contribution is 2.23. The Morgan fingerprint density at radius 1 is 1.58 bits per heavy atom. The Morgan fingerprint density at radius 3 is 2.75 bits per heavy atom. The van der Waals surface area contributed by atoms with E-state index in [1.165, 1.54) is 12.3 Å². The van der Waals surface area contributed by atoms with Gasteiger partial charge in [0.25, 0.3) is 0 Å². The van der Waals surface area contributed by atoms with E-state index >= 15 is 0 Å². The molecule has 0 saturated carbocycles.